The average Bonchev–Trinajstić information content (AvgIpc) is 3.31. The second-order valence-corrected chi connectivity index (χ2v) is 14.7. The zero-order valence-electron chi connectivity index (χ0n) is 22.1. The Morgan fingerprint density at radius 1 is 0.844 bits per heavy atom. The molecule has 0 bridgehead atoms. The molecule has 0 radical (unpaired) electrons. The van der Waals surface area contributed by atoms with Crippen molar-refractivity contribution in [3.05, 3.63) is 0 Å². The first-order chi connectivity index (χ1) is 14.9. The monoisotopic (exact) mass is 442 g/mol. The van der Waals surface area contributed by atoms with Gasteiger partial charge in [-0.1, -0.05) is 48.5 Å². The van der Waals surface area contributed by atoms with Crippen molar-refractivity contribution in [2.24, 2.45) is 56.7 Å². The number of aliphatic hydroxyl groups excluding tert-OH is 1. The number of rotatable bonds is 5. The van der Waals surface area contributed by atoms with Gasteiger partial charge < -0.3 is 5.11 Å². The second kappa shape index (κ2) is 7.08. The quantitative estimate of drug-likeness (QED) is 0.481. The van der Waals surface area contributed by atoms with Crippen molar-refractivity contribution in [3.8, 4) is 0 Å². The molecule has 5 saturated carbocycles. The minimum atomic E-state index is -0.147. The standard InChI is InChI=1S/C30H50O2/c1-19(2)22(31)9-8-20(3)21-12-14-28(7)24-11-10-23-26(4,5)25(32)13-15-29(23)18-30(24,29)17-16-27(21,28)6/h19-24,31H,8-18H2,1-7H3/t20-,21-,22?,23+,24+,27-,28+,29-,30+/m1/s1. The van der Waals surface area contributed by atoms with Gasteiger partial charge in [0.2, 0.25) is 0 Å². The minimum Gasteiger partial charge on any atom is -0.393 e. The van der Waals surface area contributed by atoms with Gasteiger partial charge in [-0.25, -0.2) is 0 Å². The van der Waals surface area contributed by atoms with Crippen LogP contribution in [0.5, 0.6) is 0 Å². The number of Topliss-reactive ketones (excluding diaryl/α,β-unsaturated/α-hetero) is 1. The van der Waals surface area contributed by atoms with Gasteiger partial charge >= 0.3 is 0 Å². The van der Waals surface area contributed by atoms with E-state index in [-0.39, 0.29) is 11.5 Å². The smallest absolute Gasteiger partial charge is 0.138 e. The molecule has 5 fully saturated rings. The topological polar surface area (TPSA) is 37.3 Å². The van der Waals surface area contributed by atoms with Crippen molar-refractivity contribution in [3.63, 3.8) is 0 Å². The summed E-state index contributed by atoms with van der Waals surface area (Å²) < 4.78 is 0. The summed E-state index contributed by atoms with van der Waals surface area (Å²) in [5.74, 6) is 3.93. The highest BCUT2D eigenvalue weighted by Gasteiger charge is 2.82. The maximum absolute atomic E-state index is 12.8. The summed E-state index contributed by atoms with van der Waals surface area (Å²) >= 11 is 0. The largest absolute Gasteiger partial charge is 0.393 e. The van der Waals surface area contributed by atoms with Gasteiger partial charge in [-0.3, -0.25) is 4.79 Å². The van der Waals surface area contributed by atoms with Crippen LogP contribution >= 0.6 is 0 Å². The predicted octanol–water partition coefficient (Wildman–Crippen LogP) is 7.43. The Balaban J connectivity index is 1.39. The van der Waals surface area contributed by atoms with E-state index in [2.05, 4.69) is 48.5 Å². The van der Waals surface area contributed by atoms with Crippen molar-refractivity contribution >= 4 is 5.78 Å². The molecule has 0 aromatic carbocycles. The van der Waals surface area contributed by atoms with Crippen LogP contribution in [0, 0.1) is 56.7 Å². The van der Waals surface area contributed by atoms with Crippen LogP contribution < -0.4 is 0 Å². The van der Waals surface area contributed by atoms with E-state index >= 15 is 0 Å². The molecule has 182 valence electrons. The summed E-state index contributed by atoms with van der Waals surface area (Å²) in [6.45, 7) is 16.7. The van der Waals surface area contributed by atoms with Gasteiger partial charge in [0.15, 0.2) is 0 Å². The maximum atomic E-state index is 12.8. The molecule has 5 aliphatic rings. The molecule has 2 heteroatoms. The summed E-state index contributed by atoms with van der Waals surface area (Å²) in [4.78, 5) is 12.8. The van der Waals surface area contributed by atoms with E-state index in [1.54, 1.807) is 0 Å². The summed E-state index contributed by atoms with van der Waals surface area (Å²) in [6.07, 6.45) is 13.7. The van der Waals surface area contributed by atoms with Crippen LogP contribution in [0.1, 0.15) is 119 Å². The summed E-state index contributed by atoms with van der Waals surface area (Å²) in [5, 5.41) is 10.4. The molecule has 0 aromatic heterocycles. The van der Waals surface area contributed by atoms with Gasteiger partial charge in [0.25, 0.3) is 0 Å². The number of aliphatic hydroxyl groups is 1. The number of carbonyl (C=O) groups excluding carboxylic acids is 1. The molecule has 0 amide bonds. The fourth-order valence-electron chi connectivity index (χ4n) is 11.1. The lowest BCUT2D eigenvalue weighted by Gasteiger charge is -2.62. The molecule has 9 atom stereocenters. The molecule has 5 rings (SSSR count). The van der Waals surface area contributed by atoms with Crippen LogP contribution in [0.25, 0.3) is 0 Å². The van der Waals surface area contributed by atoms with Crippen molar-refractivity contribution < 1.29 is 9.90 Å². The van der Waals surface area contributed by atoms with Crippen molar-refractivity contribution in [1.29, 1.82) is 0 Å². The lowest BCUT2D eigenvalue weighted by molar-refractivity contribution is -0.157. The first kappa shape index (κ1) is 23.4. The van der Waals surface area contributed by atoms with Gasteiger partial charge in [0, 0.05) is 11.8 Å². The molecule has 2 nitrogen and oxygen atoms in total. The normalized spacial score (nSPS) is 50.8. The van der Waals surface area contributed by atoms with E-state index in [1.165, 1.54) is 57.8 Å². The third kappa shape index (κ3) is 2.71. The van der Waals surface area contributed by atoms with Crippen molar-refractivity contribution in [1.82, 2.24) is 0 Å². The Morgan fingerprint density at radius 2 is 1.50 bits per heavy atom. The minimum absolute atomic E-state index is 0.0989. The Kier molecular flexibility index (Phi) is 5.17. The number of carbonyl (C=O) groups is 1. The first-order valence-corrected chi connectivity index (χ1v) is 14.1. The highest BCUT2D eigenvalue weighted by atomic mass is 16.3. The fourth-order valence-corrected chi connectivity index (χ4v) is 11.1. The number of hydrogen-bond donors (Lipinski definition) is 1. The molecule has 0 aromatic rings. The number of fused-ring (bicyclic) bond motifs is 2. The summed E-state index contributed by atoms with van der Waals surface area (Å²) in [6, 6.07) is 0. The van der Waals surface area contributed by atoms with Crippen LogP contribution in [0.15, 0.2) is 0 Å². The van der Waals surface area contributed by atoms with E-state index in [9.17, 15) is 9.90 Å². The first-order valence-electron chi connectivity index (χ1n) is 14.1. The molecule has 0 heterocycles. The molecule has 2 spiro atoms. The predicted molar refractivity (Wildman–Crippen MR) is 131 cm³/mol. The van der Waals surface area contributed by atoms with E-state index in [0.717, 1.165) is 24.7 Å². The van der Waals surface area contributed by atoms with Crippen LogP contribution in [-0.2, 0) is 4.79 Å². The Hall–Kier alpha value is -0.370. The van der Waals surface area contributed by atoms with E-state index in [1.807, 2.05) is 0 Å². The van der Waals surface area contributed by atoms with Gasteiger partial charge in [-0.2, -0.15) is 0 Å². The Bertz CT molecular complexity index is 784. The lowest BCUT2D eigenvalue weighted by Crippen LogP contribution is -2.57. The molecular formula is C30H50O2. The average molecular weight is 443 g/mol. The van der Waals surface area contributed by atoms with Crippen molar-refractivity contribution in [2.45, 2.75) is 125 Å². The van der Waals surface area contributed by atoms with E-state index in [0.29, 0.717) is 45.2 Å². The Morgan fingerprint density at radius 3 is 2.19 bits per heavy atom. The SMILES string of the molecule is CC(C)C(O)CC[C@@H](C)[C@H]1CC[C@@]2(C)[C@@H]3CC[C@H]4C(C)(C)C(=O)CC[C@@]45C[C@@]35CC[C@]12C. The van der Waals surface area contributed by atoms with Crippen LogP contribution in [0.3, 0.4) is 0 Å². The van der Waals surface area contributed by atoms with Crippen LogP contribution in [0.4, 0.5) is 0 Å². The molecule has 1 unspecified atom stereocenters. The third-order valence-electron chi connectivity index (χ3n) is 13.3. The van der Waals surface area contributed by atoms with Gasteiger partial charge in [0.1, 0.15) is 5.78 Å². The van der Waals surface area contributed by atoms with E-state index < -0.39 is 0 Å². The second-order valence-electron chi connectivity index (χ2n) is 14.7. The zero-order valence-corrected chi connectivity index (χ0v) is 22.1. The van der Waals surface area contributed by atoms with Crippen molar-refractivity contribution in [2.75, 3.05) is 0 Å². The molecule has 32 heavy (non-hydrogen) atoms. The number of hydrogen-bond acceptors (Lipinski definition) is 2. The van der Waals surface area contributed by atoms with Crippen LogP contribution in [-0.4, -0.2) is 17.0 Å². The van der Waals surface area contributed by atoms with Gasteiger partial charge in [0.05, 0.1) is 6.10 Å². The molecule has 0 saturated heterocycles. The number of ketones is 1. The summed E-state index contributed by atoms with van der Waals surface area (Å²) in [7, 11) is 0. The highest BCUT2D eigenvalue weighted by Crippen LogP contribution is 2.88. The van der Waals surface area contributed by atoms with Gasteiger partial charge in [-0.05, 0) is 115 Å². The van der Waals surface area contributed by atoms with Gasteiger partial charge in [-0.15, -0.1) is 0 Å². The lowest BCUT2D eigenvalue weighted by atomic mass is 9.42. The Labute approximate surface area is 197 Å². The molecule has 1 N–H and O–H groups in total. The molecule has 0 aliphatic heterocycles. The molecular weight excluding hydrogens is 392 g/mol. The zero-order chi connectivity index (χ0) is 23.3. The maximum Gasteiger partial charge on any atom is 0.138 e. The highest BCUT2D eigenvalue weighted by molar-refractivity contribution is 5.86. The van der Waals surface area contributed by atoms with Crippen LogP contribution in [0.2, 0.25) is 0 Å². The van der Waals surface area contributed by atoms with E-state index in [4.69, 9.17) is 0 Å². The summed E-state index contributed by atoms with van der Waals surface area (Å²) in [5.41, 5.74) is 1.85. The fraction of sp³-hybridized carbons (Fsp3) is 0.967. The molecule has 5 aliphatic carbocycles. The third-order valence-corrected chi connectivity index (χ3v) is 13.3.